The summed E-state index contributed by atoms with van der Waals surface area (Å²) in [6.07, 6.45) is 2.55. The van der Waals surface area contributed by atoms with Crippen molar-refractivity contribution in [3.8, 4) is 23.1 Å². The monoisotopic (exact) mass is 421 g/mol. The molecule has 0 saturated carbocycles. The Morgan fingerprint density at radius 2 is 1.73 bits per heavy atom. The summed E-state index contributed by atoms with van der Waals surface area (Å²) >= 11 is 1.67. The highest BCUT2D eigenvalue weighted by atomic mass is 32.2. The van der Waals surface area contributed by atoms with Gasteiger partial charge in [-0.3, -0.25) is 4.57 Å². The minimum absolute atomic E-state index is 0.636. The van der Waals surface area contributed by atoms with Gasteiger partial charge in [0.25, 0.3) is 0 Å². The fourth-order valence-electron chi connectivity index (χ4n) is 2.98. The van der Waals surface area contributed by atoms with Crippen LogP contribution in [0.4, 0.5) is 0 Å². The van der Waals surface area contributed by atoms with Crippen LogP contribution >= 0.6 is 11.8 Å². The highest BCUT2D eigenvalue weighted by Gasteiger charge is 2.16. The first kappa shape index (κ1) is 20.1. The van der Waals surface area contributed by atoms with Gasteiger partial charge in [0.2, 0.25) is 5.82 Å². The van der Waals surface area contributed by atoms with Crippen molar-refractivity contribution in [2.45, 2.75) is 18.1 Å². The Morgan fingerprint density at radius 3 is 2.47 bits per heavy atom. The van der Waals surface area contributed by atoms with Crippen molar-refractivity contribution in [1.29, 1.82) is 0 Å². The van der Waals surface area contributed by atoms with Crippen LogP contribution in [-0.2, 0) is 6.54 Å². The predicted octanol–water partition coefficient (Wildman–Crippen LogP) is 5.16. The molecule has 0 aliphatic carbocycles. The van der Waals surface area contributed by atoms with Crippen molar-refractivity contribution in [3.05, 3.63) is 78.6 Å². The molecule has 30 heavy (non-hydrogen) atoms. The molecule has 0 amide bonds. The number of hydrogen-bond donors (Lipinski definition) is 0. The predicted molar refractivity (Wildman–Crippen MR) is 117 cm³/mol. The quantitative estimate of drug-likeness (QED) is 0.260. The average Bonchev–Trinajstić information content (AvgIpc) is 3.45. The van der Waals surface area contributed by atoms with Crippen molar-refractivity contribution in [3.63, 3.8) is 0 Å². The topological polar surface area (TPSA) is 62.3 Å². The van der Waals surface area contributed by atoms with E-state index in [0.717, 1.165) is 34.7 Å². The molecule has 0 unspecified atom stereocenters. The third-order valence-electron chi connectivity index (χ3n) is 4.49. The molecule has 2 aromatic heterocycles. The fraction of sp³-hybridized carbons (Fsp3) is 0.217. The van der Waals surface area contributed by atoms with Gasteiger partial charge < -0.3 is 13.9 Å². The molecule has 6 nitrogen and oxygen atoms in total. The molecule has 2 aromatic carbocycles. The van der Waals surface area contributed by atoms with Gasteiger partial charge in [-0.15, -0.1) is 10.2 Å². The zero-order chi connectivity index (χ0) is 20.6. The molecule has 0 radical (unpaired) electrons. The van der Waals surface area contributed by atoms with E-state index in [1.54, 1.807) is 25.1 Å². The Bertz CT molecular complexity index is 1030. The third kappa shape index (κ3) is 5.04. The molecular formula is C23H23N3O3S. The van der Waals surface area contributed by atoms with Gasteiger partial charge in [-0.1, -0.05) is 42.1 Å². The van der Waals surface area contributed by atoms with Crippen LogP contribution in [0.25, 0.3) is 11.6 Å². The van der Waals surface area contributed by atoms with Crippen LogP contribution in [0.1, 0.15) is 12.0 Å². The van der Waals surface area contributed by atoms with Gasteiger partial charge in [-0.25, -0.2) is 0 Å². The summed E-state index contributed by atoms with van der Waals surface area (Å²) in [5, 5.41) is 9.65. The van der Waals surface area contributed by atoms with Crippen molar-refractivity contribution in [2.75, 3.05) is 19.5 Å². The van der Waals surface area contributed by atoms with Crippen LogP contribution in [0.5, 0.6) is 11.5 Å². The number of benzene rings is 2. The van der Waals surface area contributed by atoms with Crippen LogP contribution < -0.4 is 9.47 Å². The molecule has 0 N–H and O–H groups in total. The molecule has 4 rings (SSSR count). The number of furan rings is 1. The number of thioether (sulfide) groups is 1. The number of aromatic nitrogens is 3. The number of methoxy groups -OCH3 is 1. The van der Waals surface area contributed by atoms with Gasteiger partial charge in [0.05, 0.1) is 26.5 Å². The van der Waals surface area contributed by atoms with Crippen LogP contribution in [0.15, 0.2) is 82.6 Å². The van der Waals surface area contributed by atoms with Gasteiger partial charge in [-0.2, -0.15) is 0 Å². The second kappa shape index (κ2) is 10.0. The van der Waals surface area contributed by atoms with E-state index in [0.29, 0.717) is 18.9 Å². The number of ether oxygens (including phenoxy) is 2. The molecule has 7 heteroatoms. The lowest BCUT2D eigenvalue weighted by molar-refractivity contribution is 0.318. The van der Waals surface area contributed by atoms with Crippen molar-refractivity contribution < 1.29 is 13.9 Å². The minimum Gasteiger partial charge on any atom is -0.497 e. The lowest BCUT2D eigenvalue weighted by atomic mass is 10.2. The number of hydrogen-bond acceptors (Lipinski definition) is 6. The van der Waals surface area contributed by atoms with Gasteiger partial charge in [0.1, 0.15) is 11.5 Å². The molecular weight excluding hydrogens is 398 g/mol. The molecule has 2 heterocycles. The van der Waals surface area contributed by atoms with Crippen molar-refractivity contribution >= 4 is 11.8 Å². The molecule has 0 bridgehead atoms. The smallest absolute Gasteiger partial charge is 0.200 e. The summed E-state index contributed by atoms with van der Waals surface area (Å²) in [7, 11) is 1.65. The minimum atomic E-state index is 0.636. The highest BCUT2D eigenvalue weighted by Crippen LogP contribution is 2.26. The maximum absolute atomic E-state index is 5.81. The Hall–Kier alpha value is -3.19. The molecule has 0 aliphatic heterocycles. The summed E-state index contributed by atoms with van der Waals surface area (Å²) in [5.74, 6) is 3.99. The van der Waals surface area contributed by atoms with Gasteiger partial charge in [0, 0.05) is 5.75 Å². The lowest BCUT2D eigenvalue weighted by Crippen LogP contribution is -2.05. The summed E-state index contributed by atoms with van der Waals surface area (Å²) < 4.78 is 18.6. The second-order valence-corrected chi connectivity index (χ2v) is 7.64. The zero-order valence-electron chi connectivity index (χ0n) is 16.7. The summed E-state index contributed by atoms with van der Waals surface area (Å²) in [5.41, 5.74) is 1.19. The van der Waals surface area contributed by atoms with E-state index in [1.807, 2.05) is 54.6 Å². The lowest BCUT2D eigenvalue weighted by Gasteiger charge is -2.10. The molecule has 0 fully saturated rings. The van der Waals surface area contributed by atoms with Crippen LogP contribution in [0.2, 0.25) is 0 Å². The van der Waals surface area contributed by atoms with Crippen molar-refractivity contribution in [1.82, 2.24) is 14.8 Å². The van der Waals surface area contributed by atoms with Crippen LogP contribution in [0.3, 0.4) is 0 Å². The number of nitrogens with zero attached hydrogens (tertiary/aromatic N) is 3. The second-order valence-electron chi connectivity index (χ2n) is 6.58. The summed E-state index contributed by atoms with van der Waals surface area (Å²) in [6, 6.07) is 21.7. The first-order valence-electron chi connectivity index (χ1n) is 9.74. The molecule has 4 aromatic rings. The normalized spacial score (nSPS) is 10.8. The molecule has 0 atom stereocenters. The Morgan fingerprint density at radius 1 is 0.933 bits per heavy atom. The maximum Gasteiger partial charge on any atom is 0.200 e. The summed E-state index contributed by atoms with van der Waals surface area (Å²) in [4.78, 5) is 0. The van der Waals surface area contributed by atoms with E-state index in [-0.39, 0.29) is 0 Å². The largest absolute Gasteiger partial charge is 0.497 e. The van der Waals surface area contributed by atoms with E-state index in [9.17, 15) is 0 Å². The molecule has 0 saturated heterocycles. The zero-order valence-corrected chi connectivity index (χ0v) is 17.5. The molecule has 0 spiro atoms. The highest BCUT2D eigenvalue weighted by molar-refractivity contribution is 7.99. The Balaban J connectivity index is 1.37. The van der Waals surface area contributed by atoms with Gasteiger partial charge in [-0.05, 0) is 48.4 Å². The molecule has 0 aliphatic rings. The van der Waals surface area contributed by atoms with Gasteiger partial charge >= 0.3 is 0 Å². The van der Waals surface area contributed by atoms with E-state index in [1.165, 1.54) is 5.56 Å². The summed E-state index contributed by atoms with van der Waals surface area (Å²) in [6.45, 7) is 1.33. The Labute approximate surface area is 179 Å². The van der Waals surface area contributed by atoms with E-state index < -0.39 is 0 Å². The maximum atomic E-state index is 5.81. The van der Waals surface area contributed by atoms with Gasteiger partial charge in [0.15, 0.2) is 10.9 Å². The standard InChI is InChI=1S/C23H23N3O3S/c1-27-19-10-12-20(13-11-19)28-15-6-16-30-23-25-24-22(21-9-5-14-29-21)26(23)17-18-7-3-2-4-8-18/h2-5,7-14H,6,15-17H2,1H3. The SMILES string of the molecule is COc1ccc(OCCCSc2nnc(-c3ccco3)n2Cc2ccccc2)cc1. The van der Waals surface area contributed by atoms with Crippen LogP contribution in [0, 0.1) is 0 Å². The van der Waals surface area contributed by atoms with E-state index in [2.05, 4.69) is 26.9 Å². The Kier molecular flexibility index (Phi) is 6.72. The van der Waals surface area contributed by atoms with Crippen molar-refractivity contribution in [2.24, 2.45) is 0 Å². The number of rotatable bonds is 10. The third-order valence-corrected chi connectivity index (χ3v) is 5.54. The van der Waals surface area contributed by atoms with E-state index >= 15 is 0 Å². The first-order valence-corrected chi connectivity index (χ1v) is 10.7. The van der Waals surface area contributed by atoms with Crippen LogP contribution in [-0.4, -0.2) is 34.2 Å². The first-order chi connectivity index (χ1) is 14.8. The fourth-order valence-corrected chi connectivity index (χ4v) is 3.83. The van der Waals surface area contributed by atoms with E-state index in [4.69, 9.17) is 13.9 Å². The average molecular weight is 422 g/mol. The molecule has 154 valence electrons.